The van der Waals surface area contributed by atoms with Crippen LogP contribution in [0.1, 0.15) is 44.1 Å². The topological polar surface area (TPSA) is 55.0 Å². The van der Waals surface area contributed by atoms with Crippen molar-refractivity contribution in [3.63, 3.8) is 0 Å². The number of rotatable bonds is 4. The molecule has 1 heterocycles. The molecule has 0 radical (unpaired) electrons. The number of nitrogens with zero attached hydrogens (tertiary/aromatic N) is 1. The highest BCUT2D eigenvalue weighted by Crippen LogP contribution is 2.37. The van der Waals surface area contributed by atoms with E-state index in [2.05, 4.69) is 9.97 Å². The van der Waals surface area contributed by atoms with E-state index in [1.807, 2.05) is 13.8 Å². The SMILES string of the molecule is CC(C)OCc1cc(=O)[nH]c(C2CC2)n1. The van der Waals surface area contributed by atoms with Crippen molar-refractivity contribution in [2.45, 2.75) is 45.3 Å². The van der Waals surface area contributed by atoms with Crippen LogP contribution in [0.4, 0.5) is 0 Å². The second kappa shape index (κ2) is 4.14. The number of hydrogen-bond acceptors (Lipinski definition) is 3. The van der Waals surface area contributed by atoms with Crippen molar-refractivity contribution < 1.29 is 4.74 Å². The molecule has 2 rings (SSSR count). The third kappa shape index (κ3) is 2.89. The summed E-state index contributed by atoms with van der Waals surface area (Å²) in [5, 5.41) is 0. The van der Waals surface area contributed by atoms with Crippen molar-refractivity contribution in [2.24, 2.45) is 0 Å². The molecule has 0 atom stereocenters. The van der Waals surface area contributed by atoms with Gasteiger partial charge in [0.1, 0.15) is 5.82 Å². The molecule has 0 aliphatic heterocycles. The zero-order valence-corrected chi connectivity index (χ0v) is 9.12. The Balaban J connectivity index is 2.12. The van der Waals surface area contributed by atoms with Gasteiger partial charge in [0.15, 0.2) is 0 Å². The van der Waals surface area contributed by atoms with Crippen molar-refractivity contribution in [1.82, 2.24) is 9.97 Å². The lowest BCUT2D eigenvalue weighted by Gasteiger charge is -2.07. The Morgan fingerprint density at radius 3 is 2.93 bits per heavy atom. The smallest absolute Gasteiger partial charge is 0.251 e. The van der Waals surface area contributed by atoms with Gasteiger partial charge in [0.05, 0.1) is 18.4 Å². The lowest BCUT2D eigenvalue weighted by Crippen LogP contribution is -2.14. The molecular weight excluding hydrogens is 192 g/mol. The first-order chi connectivity index (χ1) is 7.15. The van der Waals surface area contributed by atoms with E-state index in [0.29, 0.717) is 12.5 Å². The van der Waals surface area contributed by atoms with Crippen molar-refractivity contribution in [2.75, 3.05) is 0 Å². The molecule has 0 aromatic carbocycles. The van der Waals surface area contributed by atoms with E-state index in [1.165, 1.54) is 6.07 Å². The van der Waals surface area contributed by atoms with Gasteiger partial charge in [0.2, 0.25) is 0 Å². The molecule has 4 heteroatoms. The molecule has 1 aromatic heterocycles. The molecule has 82 valence electrons. The standard InChI is InChI=1S/C11H16N2O2/c1-7(2)15-6-9-5-10(14)13-11(12-9)8-3-4-8/h5,7-8H,3-4,6H2,1-2H3,(H,12,13,14). The summed E-state index contributed by atoms with van der Waals surface area (Å²) >= 11 is 0. The third-order valence-electron chi connectivity index (χ3n) is 2.34. The van der Waals surface area contributed by atoms with Gasteiger partial charge in [0.25, 0.3) is 5.56 Å². The molecule has 1 aliphatic carbocycles. The van der Waals surface area contributed by atoms with Crippen LogP contribution in [0.2, 0.25) is 0 Å². The van der Waals surface area contributed by atoms with Crippen molar-refractivity contribution in [3.8, 4) is 0 Å². The van der Waals surface area contributed by atoms with Crippen LogP contribution in [0.3, 0.4) is 0 Å². The normalized spacial score (nSPS) is 15.9. The van der Waals surface area contributed by atoms with E-state index in [4.69, 9.17) is 4.74 Å². The van der Waals surface area contributed by atoms with Crippen LogP contribution in [0.25, 0.3) is 0 Å². The Hall–Kier alpha value is -1.16. The monoisotopic (exact) mass is 208 g/mol. The second-order valence-corrected chi connectivity index (χ2v) is 4.26. The van der Waals surface area contributed by atoms with Crippen LogP contribution in [-0.2, 0) is 11.3 Å². The van der Waals surface area contributed by atoms with Gasteiger partial charge in [-0.25, -0.2) is 4.98 Å². The van der Waals surface area contributed by atoms with Crippen LogP contribution in [0.5, 0.6) is 0 Å². The Bertz CT molecular complexity index is 394. The minimum atomic E-state index is -0.0748. The van der Waals surface area contributed by atoms with Gasteiger partial charge < -0.3 is 9.72 Å². The molecule has 1 saturated carbocycles. The van der Waals surface area contributed by atoms with Gasteiger partial charge >= 0.3 is 0 Å². The van der Waals surface area contributed by atoms with Gasteiger partial charge in [-0.05, 0) is 26.7 Å². The van der Waals surface area contributed by atoms with E-state index in [1.54, 1.807) is 0 Å². The van der Waals surface area contributed by atoms with Gasteiger partial charge in [-0.15, -0.1) is 0 Å². The molecule has 1 aliphatic rings. The van der Waals surface area contributed by atoms with Gasteiger partial charge in [0, 0.05) is 12.0 Å². The van der Waals surface area contributed by atoms with Crippen molar-refractivity contribution in [1.29, 1.82) is 0 Å². The lowest BCUT2D eigenvalue weighted by atomic mass is 10.3. The first kappa shape index (κ1) is 10.4. The zero-order valence-electron chi connectivity index (χ0n) is 9.12. The quantitative estimate of drug-likeness (QED) is 0.817. The van der Waals surface area contributed by atoms with Crippen molar-refractivity contribution >= 4 is 0 Å². The van der Waals surface area contributed by atoms with Crippen LogP contribution in [0.15, 0.2) is 10.9 Å². The van der Waals surface area contributed by atoms with Crippen LogP contribution < -0.4 is 5.56 Å². The van der Waals surface area contributed by atoms with Gasteiger partial charge in [-0.3, -0.25) is 4.79 Å². The first-order valence-corrected chi connectivity index (χ1v) is 5.37. The number of H-pyrrole nitrogens is 1. The summed E-state index contributed by atoms with van der Waals surface area (Å²) in [6.45, 7) is 4.35. The Morgan fingerprint density at radius 1 is 1.60 bits per heavy atom. The summed E-state index contributed by atoms with van der Waals surface area (Å²) in [6, 6.07) is 1.51. The summed E-state index contributed by atoms with van der Waals surface area (Å²) in [6.07, 6.45) is 2.44. The van der Waals surface area contributed by atoms with Crippen LogP contribution >= 0.6 is 0 Å². The second-order valence-electron chi connectivity index (χ2n) is 4.26. The van der Waals surface area contributed by atoms with Crippen LogP contribution in [0, 0.1) is 0 Å². The number of aromatic nitrogens is 2. The van der Waals surface area contributed by atoms with Gasteiger partial charge in [-0.2, -0.15) is 0 Å². The fourth-order valence-corrected chi connectivity index (χ4v) is 1.40. The largest absolute Gasteiger partial charge is 0.373 e. The molecule has 0 bridgehead atoms. The highest BCUT2D eigenvalue weighted by Gasteiger charge is 2.26. The summed E-state index contributed by atoms with van der Waals surface area (Å²) < 4.78 is 5.42. The first-order valence-electron chi connectivity index (χ1n) is 5.37. The number of ether oxygens (including phenoxy) is 1. The number of hydrogen-bond donors (Lipinski definition) is 1. The minimum Gasteiger partial charge on any atom is -0.373 e. The van der Waals surface area contributed by atoms with E-state index in [0.717, 1.165) is 24.4 Å². The molecule has 0 unspecified atom stereocenters. The lowest BCUT2D eigenvalue weighted by molar-refractivity contribution is 0.0633. The molecule has 1 N–H and O–H groups in total. The maximum Gasteiger partial charge on any atom is 0.251 e. The fraction of sp³-hybridized carbons (Fsp3) is 0.636. The average Bonchev–Trinajstić information content (AvgIpc) is 2.97. The number of aromatic amines is 1. The fourth-order valence-electron chi connectivity index (χ4n) is 1.40. The van der Waals surface area contributed by atoms with Crippen LogP contribution in [-0.4, -0.2) is 16.1 Å². The summed E-state index contributed by atoms with van der Waals surface area (Å²) in [4.78, 5) is 18.5. The predicted octanol–water partition coefficient (Wildman–Crippen LogP) is 1.57. The maximum absolute atomic E-state index is 11.3. The third-order valence-corrected chi connectivity index (χ3v) is 2.34. The molecule has 4 nitrogen and oxygen atoms in total. The molecule has 0 spiro atoms. The molecule has 1 fully saturated rings. The Labute approximate surface area is 88.7 Å². The summed E-state index contributed by atoms with van der Waals surface area (Å²) in [5.41, 5.74) is 0.656. The van der Waals surface area contributed by atoms with E-state index < -0.39 is 0 Å². The predicted molar refractivity (Wildman–Crippen MR) is 56.8 cm³/mol. The molecule has 15 heavy (non-hydrogen) atoms. The number of nitrogens with one attached hydrogen (secondary N) is 1. The Kier molecular flexibility index (Phi) is 2.86. The Morgan fingerprint density at radius 2 is 2.33 bits per heavy atom. The minimum absolute atomic E-state index is 0.0748. The molecule has 0 amide bonds. The van der Waals surface area contributed by atoms with E-state index in [-0.39, 0.29) is 11.7 Å². The van der Waals surface area contributed by atoms with E-state index >= 15 is 0 Å². The highest BCUT2D eigenvalue weighted by molar-refractivity contribution is 5.09. The highest BCUT2D eigenvalue weighted by atomic mass is 16.5. The summed E-state index contributed by atoms with van der Waals surface area (Å²) in [7, 11) is 0. The zero-order chi connectivity index (χ0) is 10.8. The van der Waals surface area contributed by atoms with Gasteiger partial charge in [-0.1, -0.05) is 0 Å². The molecule has 1 aromatic rings. The maximum atomic E-state index is 11.3. The molecular formula is C11H16N2O2. The molecule has 0 saturated heterocycles. The van der Waals surface area contributed by atoms with Crippen molar-refractivity contribution in [3.05, 3.63) is 27.9 Å². The average molecular weight is 208 g/mol. The van der Waals surface area contributed by atoms with E-state index in [9.17, 15) is 4.79 Å². The summed E-state index contributed by atoms with van der Waals surface area (Å²) in [5.74, 6) is 1.29.